The van der Waals surface area contributed by atoms with Crippen molar-refractivity contribution >= 4 is 57.5 Å². The van der Waals surface area contributed by atoms with E-state index in [0.29, 0.717) is 66.5 Å². The third-order valence-electron chi connectivity index (χ3n) is 11.3. The summed E-state index contributed by atoms with van der Waals surface area (Å²) in [4.78, 5) is 25.2. The molecule has 0 saturated carbocycles. The molecule has 1 aliphatic rings. The molecule has 0 saturated heterocycles. The molecule has 66 heavy (non-hydrogen) atoms. The number of fused-ring (bicyclic) bond motifs is 8. The summed E-state index contributed by atoms with van der Waals surface area (Å²) in [6.07, 6.45) is 0.726. The van der Waals surface area contributed by atoms with E-state index in [1.807, 2.05) is 0 Å². The van der Waals surface area contributed by atoms with Crippen molar-refractivity contribution in [2.45, 2.75) is 91.9 Å². The average molecular weight is 926 g/mol. The van der Waals surface area contributed by atoms with Crippen LogP contribution in [0.15, 0.2) is 118 Å². The second-order valence-electron chi connectivity index (χ2n) is 19.0. The normalized spacial score (nSPS) is 13.0. The molecule has 2 N–H and O–H groups in total. The molecular formula is C54H54Cl2N4O6. The number of azo groups is 2. The average Bonchev–Trinajstić information content (AvgIpc) is 3.24. The van der Waals surface area contributed by atoms with Gasteiger partial charge in [-0.1, -0.05) is 89.0 Å². The number of hydrogen-bond donors (Lipinski definition) is 2. The Balaban J connectivity index is 1.54. The lowest BCUT2D eigenvalue weighted by atomic mass is 9.81. The van der Waals surface area contributed by atoms with Crippen LogP contribution in [-0.4, -0.2) is 35.0 Å². The molecule has 340 valence electrons. The minimum Gasteiger partial charge on any atom is -0.507 e. The summed E-state index contributed by atoms with van der Waals surface area (Å²) in [6.45, 7) is 15.2. The van der Waals surface area contributed by atoms with Crippen molar-refractivity contribution in [3.8, 4) is 23.0 Å². The Bertz CT molecular complexity index is 2580. The van der Waals surface area contributed by atoms with Crippen LogP contribution in [0.3, 0.4) is 0 Å². The first-order chi connectivity index (χ1) is 31.2. The van der Waals surface area contributed by atoms with Crippen molar-refractivity contribution in [3.05, 3.63) is 163 Å². The van der Waals surface area contributed by atoms with Crippen molar-refractivity contribution in [2.24, 2.45) is 20.5 Å². The Morgan fingerprint density at radius 2 is 0.742 bits per heavy atom. The van der Waals surface area contributed by atoms with Crippen molar-refractivity contribution in [2.75, 3.05) is 13.2 Å². The minimum atomic E-state index is -0.336. The fraction of sp³-hybridized carbons (Fsp3) is 0.296. The van der Waals surface area contributed by atoms with Gasteiger partial charge >= 0.3 is 0 Å². The molecule has 0 radical (unpaired) electrons. The maximum Gasteiger partial charge on any atom is 0.167 e. The fourth-order valence-electron chi connectivity index (χ4n) is 7.82. The summed E-state index contributed by atoms with van der Waals surface area (Å²) in [6, 6.07) is 29.5. The van der Waals surface area contributed by atoms with E-state index < -0.39 is 0 Å². The Kier molecular flexibility index (Phi) is 14.2. The quantitative estimate of drug-likeness (QED) is 0.131. The van der Waals surface area contributed by atoms with Crippen LogP contribution < -0.4 is 9.47 Å². The molecule has 0 unspecified atom stereocenters. The molecular weight excluding hydrogens is 872 g/mol. The van der Waals surface area contributed by atoms with Crippen LogP contribution in [0.25, 0.3) is 0 Å². The third-order valence-corrected chi connectivity index (χ3v) is 11.8. The Labute approximate surface area is 396 Å². The summed E-state index contributed by atoms with van der Waals surface area (Å²) in [7, 11) is 0. The monoisotopic (exact) mass is 924 g/mol. The molecule has 12 heteroatoms. The number of rotatable bonds is 10. The summed E-state index contributed by atoms with van der Waals surface area (Å²) in [5.74, 6) is 0.689. The zero-order valence-electron chi connectivity index (χ0n) is 38.6. The summed E-state index contributed by atoms with van der Waals surface area (Å²) in [5.41, 5.74) is 8.53. The van der Waals surface area contributed by atoms with Gasteiger partial charge in [0, 0.05) is 58.0 Å². The molecule has 7 rings (SSSR count). The Hall–Kier alpha value is -6.36. The first-order valence-electron chi connectivity index (χ1n) is 21.8. The predicted molar refractivity (Wildman–Crippen MR) is 261 cm³/mol. The lowest BCUT2D eigenvalue weighted by Crippen LogP contribution is -2.16. The zero-order valence-corrected chi connectivity index (χ0v) is 40.1. The molecule has 0 heterocycles. The van der Waals surface area contributed by atoms with Gasteiger partial charge in [-0.3, -0.25) is 9.59 Å². The molecule has 10 nitrogen and oxygen atoms in total. The van der Waals surface area contributed by atoms with Gasteiger partial charge in [-0.25, -0.2) is 0 Å². The van der Waals surface area contributed by atoms with Gasteiger partial charge in [-0.05, 0) is 131 Å². The van der Waals surface area contributed by atoms with Crippen molar-refractivity contribution < 1.29 is 29.3 Å². The third kappa shape index (κ3) is 11.7. The van der Waals surface area contributed by atoms with E-state index in [9.17, 15) is 19.8 Å². The summed E-state index contributed by atoms with van der Waals surface area (Å²) >= 11 is 12.3. The van der Waals surface area contributed by atoms with Crippen LogP contribution in [0.4, 0.5) is 22.7 Å². The number of carbonyl (C=O) groups excluding carboxylic acids is 2. The lowest BCUT2D eigenvalue weighted by Gasteiger charge is -2.26. The number of phenols is 2. The number of Topliss-reactive ketones (excluding diaryl/α,β-unsaturated/α-hetero) is 2. The molecule has 8 bridgehead atoms. The topological polar surface area (TPSA) is 142 Å². The van der Waals surface area contributed by atoms with E-state index >= 15 is 0 Å². The molecule has 6 aromatic rings. The predicted octanol–water partition coefficient (Wildman–Crippen LogP) is 14.4. The number of ether oxygens (including phenoxy) is 2. The lowest BCUT2D eigenvalue weighted by molar-refractivity contribution is -0.119. The van der Waals surface area contributed by atoms with Crippen LogP contribution >= 0.6 is 23.2 Å². The Morgan fingerprint density at radius 3 is 1.00 bits per heavy atom. The zero-order chi connectivity index (χ0) is 47.5. The number of aromatic hydroxyl groups is 2. The maximum atomic E-state index is 12.6. The Morgan fingerprint density at radius 1 is 0.470 bits per heavy atom. The van der Waals surface area contributed by atoms with Crippen molar-refractivity contribution in [1.82, 2.24) is 0 Å². The fourth-order valence-corrected chi connectivity index (χ4v) is 8.08. The molecule has 0 fully saturated rings. The second-order valence-corrected chi connectivity index (χ2v) is 19.9. The first kappa shape index (κ1) is 47.6. The second kappa shape index (κ2) is 19.6. The van der Waals surface area contributed by atoms with E-state index in [2.05, 4.69) is 86.3 Å². The van der Waals surface area contributed by atoms with Gasteiger partial charge < -0.3 is 19.7 Å². The van der Waals surface area contributed by atoms with E-state index in [0.717, 1.165) is 33.4 Å². The number of benzene rings is 6. The molecule has 1 aliphatic carbocycles. The minimum absolute atomic E-state index is 0.0477. The number of carbonyl (C=O) groups is 2. The van der Waals surface area contributed by atoms with Gasteiger partial charge in [0.05, 0.1) is 22.7 Å². The van der Waals surface area contributed by atoms with Gasteiger partial charge in [0.1, 0.15) is 36.2 Å². The molecule has 0 aromatic heterocycles. The molecule has 6 aromatic carbocycles. The van der Waals surface area contributed by atoms with Gasteiger partial charge in [0.15, 0.2) is 11.6 Å². The number of nitrogens with zero attached hydrogens (tertiary/aromatic N) is 4. The summed E-state index contributed by atoms with van der Waals surface area (Å²) in [5, 5.41) is 44.4. The van der Waals surface area contributed by atoms with E-state index in [1.165, 1.54) is 13.8 Å². The van der Waals surface area contributed by atoms with Crippen LogP contribution in [-0.2, 0) is 46.1 Å². The maximum absolute atomic E-state index is 12.6. The smallest absolute Gasteiger partial charge is 0.167 e. The van der Waals surface area contributed by atoms with E-state index in [-0.39, 0.29) is 72.8 Å². The van der Waals surface area contributed by atoms with Crippen LogP contribution in [0.1, 0.15) is 111 Å². The molecule has 0 atom stereocenters. The first-order valence-corrected chi connectivity index (χ1v) is 22.6. The highest BCUT2D eigenvalue weighted by Gasteiger charge is 2.27. The highest BCUT2D eigenvalue weighted by atomic mass is 35.5. The molecule has 0 amide bonds. The van der Waals surface area contributed by atoms with Crippen LogP contribution in [0.2, 0.25) is 10.0 Å². The summed E-state index contributed by atoms with van der Waals surface area (Å²) < 4.78 is 12.9. The SMILES string of the molecule is CC(=O)COc1c2cc(C(C)(C)C)cc1Cc1cc(N=Nc3ccc(Cl)cc3)cc(c1O)Cc1cc(C(C)(C)C)cc(c1OCC(C)=O)Cc1cc(N=Nc3ccc(Cl)cc3)cc(c1O)C2. The molecule has 0 spiro atoms. The van der Waals surface area contributed by atoms with Gasteiger partial charge in [-0.15, -0.1) is 0 Å². The molecule has 0 aliphatic heterocycles. The van der Waals surface area contributed by atoms with Crippen molar-refractivity contribution in [1.29, 1.82) is 0 Å². The highest BCUT2D eigenvalue weighted by Crippen LogP contribution is 2.44. The standard InChI is InChI=1S/C54H54Cl2N4O6/c1-31(61)29-65-51-37-17-33-25-47(59-57-45-13-9-43(55)10-14-45)27-35(49(33)63)19-39-23-42(54(6,7)8)24-40(52(39)66-30-32(2)62)20-36-28-48(60-58-46-15-11-44(56)12-16-46)26-34(50(36)64)18-38(51)22-41(21-37)53(3,4)5/h9-16,21-28,63-64H,17-20,29-30H2,1-8H3. The number of halogens is 2. The van der Waals surface area contributed by atoms with E-state index in [1.54, 1.807) is 72.8 Å². The number of ketones is 2. The van der Waals surface area contributed by atoms with Gasteiger partial charge in [0.25, 0.3) is 0 Å². The highest BCUT2D eigenvalue weighted by molar-refractivity contribution is 6.30. The van der Waals surface area contributed by atoms with Crippen molar-refractivity contribution in [3.63, 3.8) is 0 Å². The number of hydrogen-bond acceptors (Lipinski definition) is 10. The van der Waals surface area contributed by atoms with Crippen LogP contribution in [0, 0.1) is 0 Å². The van der Waals surface area contributed by atoms with Gasteiger partial charge in [0.2, 0.25) is 0 Å². The number of phenolic OH excluding ortho intramolecular Hbond substituents is 2. The van der Waals surface area contributed by atoms with Gasteiger partial charge in [-0.2, -0.15) is 20.5 Å². The van der Waals surface area contributed by atoms with Crippen LogP contribution in [0.5, 0.6) is 23.0 Å². The van der Waals surface area contributed by atoms with E-state index in [4.69, 9.17) is 32.7 Å². The largest absolute Gasteiger partial charge is 0.507 e.